The molecule has 2 saturated carbocycles. The molecule has 3 rings (SSSR count). The maximum Gasteiger partial charge on any atom is 0.271 e. The second kappa shape index (κ2) is 4.43. The number of nitro groups is 1. The summed E-state index contributed by atoms with van der Waals surface area (Å²) < 4.78 is 0. The van der Waals surface area contributed by atoms with Crippen LogP contribution in [0.1, 0.15) is 25.7 Å². The van der Waals surface area contributed by atoms with Crippen molar-refractivity contribution in [3.8, 4) is 0 Å². The highest BCUT2D eigenvalue weighted by atomic mass is 35.5. The number of nitro benzene ring substituents is 1. The van der Waals surface area contributed by atoms with Gasteiger partial charge in [-0.25, -0.2) is 0 Å². The normalized spacial score (nSPS) is 19.0. The lowest BCUT2D eigenvalue weighted by Crippen LogP contribution is -2.24. The SMILES string of the molecule is O=[N+]([O-])c1ccc(NC(C2CC2)C2CC2)c(Cl)c1. The lowest BCUT2D eigenvalue weighted by atomic mass is 10.1. The summed E-state index contributed by atoms with van der Waals surface area (Å²) in [4.78, 5) is 10.2. The minimum atomic E-state index is -0.422. The van der Waals surface area contributed by atoms with E-state index < -0.39 is 4.92 Å². The number of halogens is 1. The van der Waals surface area contributed by atoms with Gasteiger partial charge in [0.05, 0.1) is 15.6 Å². The summed E-state index contributed by atoms with van der Waals surface area (Å²) >= 11 is 6.10. The summed E-state index contributed by atoms with van der Waals surface area (Å²) in [7, 11) is 0. The molecular weight excluding hydrogens is 252 g/mol. The standard InChI is InChI=1S/C13H15ClN2O2/c14-11-7-10(16(17)18)5-6-12(11)15-13(8-1-2-8)9-3-4-9/h5-9,13,15H,1-4H2. The summed E-state index contributed by atoms with van der Waals surface area (Å²) in [6.45, 7) is 0. The molecule has 0 heterocycles. The highest BCUT2D eigenvalue weighted by Crippen LogP contribution is 2.46. The van der Waals surface area contributed by atoms with E-state index in [4.69, 9.17) is 11.6 Å². The fourth-order valence-corrected chi connectivity index (χ4v) is 2.67. The van der Waals surface area contributed by atoms with Crippen molar-refractivity contribution in [3.05, 3.63) is 33.3 Å². The first kappa shape index (κ1) is 11.8. The van der Waals surface area contributed by atoms with Crippen LogP contribution in [-0.2, 0) is 0 Å². The Morgan fingerprint density at radius 3 is 2.33 bits per heavy atom. The summed E-state index contributed by atoms with van der Waals surface area (Å²) in [6.07, 6.45) is 5.16. The number of nitrogens with zero attached hydrogens (tertiary/aromatic N) is 1. The summed E-state index contributed by atoms with van der Waals surface area (Å²) in [6, 6.07) is 5.15. The van der Waals surface area contributed by atoms with E-state index in [1.807, 2.05) is 0 Å². The number of non-ortho nitro benzene ring substituents is 1. The predicted molar refractivity (Wildman–Crippen MR) is 71.0 cm³/mol. The third-order valence-corrected chi connectivity index (χ3v) is 4.06. The van der Waals surface area contributed by atoms with E-state index in [2.05, 4.69) is 5.32 Å². The van der Waals surface area contributed by atoms with Crippen LogP contribution in [0.25, 0.3) is 0 Å². The maximum atomic E-state index is 10.6. The highest BCUT2D eigenvalue weighted by molar-refractivity contribution is 6.33. The van der Waals surface area contributed by atoms with Gasteiger partial charge in [-0.15, -0.1) is 0 Å². The zero-order valence-electron chi connectivity index (χ0n) is 9.93. The van der Waals surface area contributed by atoms with Crippen LogP contribution in [-0.4, -0.2) is 11.0 Å². The van der Waals surface area contributed by atoms with Crippen LogP contribution in [0.3, 0.4) is 0 Å². The smallest absolute Gasteiger partial charge is 0.271 e. The molecular formula is C13H15ClN2O2. The quantitative estimate of drug-likeness (QED) is 0.651. The van der Waals surface area contributed by atoms with E-state index in [0.717, 1.165) is 17.5 Å². The Morgan fingerprint density at radius 1 is 1.28 bits per heavy atom. The molecule has 1 aromatic carbocycles. The number of hydrogen-bond acceptors (Lipinski definition) is 3. The average molecular weight is 267 g/mol. The van der Waals surface area contributed by atoms with Gasteiger partial charge in [-0.3, -0.25) is 10.1 Å². The maximum absolute atomic E-state index is 10.6. The van der Waals surface area contributed by atoms with Gasteiger partial charge < -0.3 is 5.32 Å². The van der Waals surface area contributed by atoms with Gasteiger partial charge in [0, 0.05) is 18.2 Å². The summed E-state index contributed by atoms with van der Waals surface area (Å²) in [5.41, 5.74) is 0.867. The molecule has 96 valence electrons. The topological polar surface area (TPSA) is 55.2 Å². The lowest BCUT2D eigenvalue weighted by molar-refractivity contribution is -0.384. The Morgan fingerprint density at radius 2 is 1.89 bits per heavy atom. The van der Waals surface area contributed by atoms with Gasteiger partial charge in [0.1, 0.15) is 0 Å². The van der Waals surface area contributed by atoms with Gasteiger partial charge in [-0.05, 0) is 43.6 Å². The van der Waals surface area contributed by atoms with E-state index >= 15 is 0 Å². The van der Waals surface area contributed by atoms with Crippen molar-refractivity contribution >= 4 is 23.0 Å². The average Bonchev–Trinajstić information content (AvgIpc) is 3.19. The number of benzene rings is 1. The van der Waals surface area contributed by atoms with Crippen molar-refractivity contribution in [1.29, 1.82) is 0 Å². The molecule has 0 unspecified atom stereocenters. The van der Waals surface area contributed by atoms with Gasteiger partial charge in [0.25, 0.3) is 5.69 Å². The van der Waals surface area contributed by atoms with E-state index in [-0.39, 0.29) is 5.69 Å². The van der Waals surface area contributed by atoms with Crippen LogP contribution < -0.4 is 5.32 Å². The second-order valence-electron chi connectivity index (χ2n) is 5.27. The predicted octanol–water partition coefficient (Wildman–Crippen LogP) is 3.85. The molecule has 5 heteroatoms. The Hall–Kier alpha value is -1.29. The molecule has 0 aromatic heterocycles. The van der Waals surface area contributed by atoms with E-state index in [1.54, 1.807) is 6.07 Å². The van der Waals surface area contributed by atoms with Gasteiger partial charge >= 0.3 is 0 Å². The molecule has 0 saturated heterocycles. The fraction of sp³-hybridized carbons (Fsp3) is 0.538. The molecule has 2 aliphatic rings. The first-order chi connectivity index (χ1) is 8.65. The molecule has 0 radical (unpaired) electrons. The molecule has 0 aliphatic heterocycles. The van der Waals surface area contributed by atoms with Crippen LogP contribution in [0.2, 0.25) is 5.02 Å². The summed E-state index contributed by atoms with van der Waals surface area (Å²) in [5.74, 6) is 1.53. The van der Waals surface area contributed by atoms with Crippen LogP contribution in [0, 0.1) is 22.0 Å². The highest BCUT2D eigenvalue weighted by Gasteiger charge is 2.41. The molecule has 2 fully saturated rings. The number of rotatable bonds is 5. The second-order valence-corrected chi connectivity index (χ2v) is 5.67. The monoisotopic (exact) mass is 266 g/mol. The van der Waals surface area contributed by atoms with Gasteiger partial charge in [-0.2, -0.15) is 0 Å². The van der Waals surface area contributed by atoms with Gasteiger partial charge in [0.15, 0.2) is 0 Å². The van der Waals surface area contributed by atoms with Crippen molar-refractivity contribution < 1.29 is 4.92 Å². The number of nitrogens with one attached hydrogen (secondary N) is 1. The van der Waals surface area contributed by atoms with Crippen LogP contribution in [0.5, 0.6) is 0 Å². The summed E-state index contributed by atoms with van der Waals surface area (Å²) in [5, 5.41) is 14.6. The first-order valence-electron chi connectivity index (χ1n) is 6.35. The van der Waals surface area contributed by atoms with Gasteiger partial charge in [-0.1, -0.05) is 11.6 Å². The van der Waals surface area contributed by atoms with Crippen LogP contribution >= 0.6 is 11.6 Å². The number of hydrogen-bond donors (Lipinski definition) is 1. The Bertz CT molecular complexity index is 472. The lowest BCUT2D eigenvalue weighted by Gasteiger charge is -2.19. The van der Waals surface area contributed by atoms with Gasteiger partial charge in [0.2, 0.25) is 0 Å². The molecule has 1 aromatic rings. The molecule has 1 N–H and O–H groups in total. The van der Waals surface area contributed by atoms with Crippen LogP contribution in [0.15, 0.2) is 18.2 Å². The molecule has 0 spiro atoms. The van der Waals surface area contributed by atoms with E-state index in [1.165, 1.54) is 37.8 Å². The third kappa shape index (κ3) is 2.43. The fourth-order valence-electron chi connectivity index (χ4n) is 2.45. The molecule has 2 aliphatic carbocycles. The van der Waals surface area contributed by atoms with E-state index in [0.29, 0.717) is 11.1 Å². The molecule has 18 heavy (non-hydrogen) atoms. The van der Waals surface area contributed by atoms with Crippen LogP contribution in [0.4, 0.5) is 11.4 Å². The van der Waals surface area contributed by atoms with Crippen molar-refractivity contribution in [1.82, 2.24) is 0 Å². The third-order valence-electron chi connectivity index (χ3n) is 3.75. The van der Waals surface area contributed by atoms with Crippen molar-refractivity contribution in [2.75, 3.05) is 5.32 Å². The zero-order chi connectivity index (χ0) is 12.7. The zero-order valence-corrected chi connectivity index (χ0v) is 10.7. The minimum Gasteiger partial charge on any atom is -0.381 e. The van der Waals surface area contributed by atoms with Crippen molar-refractivity contribution in [2.45, 2.75) is 31.7 Å². The Labute approximate surface area is 110 Å². The molecule has 0 amide bonds. The minimum absolute atomic E-state index is 0.0416. The van der Waals surface area contributed by atoms with E-state index in [9.17, 15) is 10.1 Å². The van der Waals surface area contributed by atoms with Crippen molar-refractivity contribution in [3.63, 3.8) is 0 Å². The largest absolute Gasteiger partial charge is 0.381 e. The van der Waals surface area contributed by atoms with Crippen molar-refractivity contribution in [2.24, 2.45) is 11.8 Å². The molecule has 0 bridgehead atoms. The molecule has 4 nitrogen and oxygen atoms in total. The first-order valence-corrected chi connectivity index (χ1v) is 6.73. The molecule has 0 atom stereocenters. The Kier molecular flexibility index (Phi) is 2.90. The Balaban J connectivity index is 1.77. The number of anilines is 1.